The first-order valence-electron chi connectivity index (χ1n) is 8.02. The number of anilines is 1. The molecule has 0 spiro atoms. The van der Waals surface area contributed by atoms with E-state index in [4.69, 9.17) is 0 Å². The lowest BCUT2D eigenvalue weighted by Gasteiger charge is -2.41. The monoisotopic (exact) mass is 290 g/mol. The summed E-state index contributed by atoms with van der Waals surface area (Å²) in [5.41, 5.74) is 0.955. The summed E-state index contributed by atoms with van der Waals surface area (Å²) in [6.07, 6.45) is 6.85. The molecule has 21 heavy (non-hydrogen) atoms. The van der Waals surface area contributed by atoms with Crippen molar-refractivity contribution in [3.8, 4) is 0 Å². The molecule has 0 N–H and O–H groups in total. The maximum absolute atomic E-state index is 13.7. The van der Waals surface area contributed by atoms with Gasteiger partial charge in [-0.2, -0.15) is 0 Å². The van der Waals surface area contributed by atoms with Gasteiger partial charge in [0.1, 0.15) is 5.82 Å². The molecule has 1 aromatic carbocycles. The summed E-state index contributed by atoms with van der Waals surface area (Å²) in [7, 11) is 0. The van der Waals surface area contributed by atoms with Crippen molar-refractivity contribution >= 4 is 12.0 Å². The Labute approximate surface area is 125 Å². The van der Waals surface area contributed by atoms with E-state index >= 15 is 0 Å². The first kappa shape index (κ1) is 14.5. The van der Waals surface area contributed by atoms with E-state index in [2.05, 4.69) is 9.80 Å². The predicted molar refractivity (Wildman–Crippen MR) is 82.4 cm³/mol. The number of aldehydes is 1. The molecular formula is C17H23FN2O. The lowest BCUT2D eigenvalue weighted by Crippen LogP contribution is -2.47. The number of benzene rings is 1. The third-order valence-corrected chi connectivity index (χ3v) is 4.86. The molecule has 0 atom stereocenters. The summed E-state index contributed by atoms with van der Waals surface area (Å²) in [4.78, 5) is 15.9. The zero-order valence-electron chi connectivity index (χ0n) is 12.4. The van der Waals surface area contributed by atoms with E-state index in [0.717, 1.165) is 31.6 Å². The largest absolute Gasteiger partial charge is 0.371 e. The van der Waals surface area contributed by atoms with Crippen molar-refractivity contribution < 1.29 is 9.18 Å². The van der Waals surface area contributed by atoms with Crippen molar-refractivity contribution in [2.24, 2.45) is 0 Å². The lowest BCUT2D eigenvalue weighted by molar-refractivity contribution is 0.112. The van der Waals surface area contributed by atoms with Crippen LogP contribution in [-0.4, -0.2) is 43.4 Å². The molecule has 0 radical (unpaired) electrons. The van der Waals surface area contributed by atoms with Crippen LogP contribution in [0.25, 0.3) is 0 Å². The highest BCUT2D eigenvalue weighted by Gasteiger charge is 2.26. The molecule has 2 fully saturated rings. The fourth-order valence-corrected chi connectivity index (χ4v) is 3.67. The van der Waals surface area contributed by atoms with Gasteiger partial charge in [0.15, 0.2) is 6.29 Å². The quantitative estimate of drug-likeness (QED) is 0.799. The molecule has 3 nitrogen and oxygen atoms in total. The van der Waals surface area contributed by atoms with Gasteiger partial charge in [0, 0.05) is 19.1 Å². The van der Waals surface area contributed by atoms with Crippen LogP contribution in [0.4, 0.5) is 10.1 Å². The van der Waals surface area contributed by atoms with Crippen molar-refractivity contribution in [1.29, 1.82) is 0 Å². The SMILES string of the molecule is O=Cc1c(F)cccc1N1CCC(N2CCCCC2)CC1. The van der Waals surface area contributed by atoms with E-state index in [-0.39, 0.29) is 5.56 Å². The number of nitrogens with zero attached hydrogens (tertiary/aromatic N) is 2. The fraction of sp³-hybridized carbons (Fsp3) is 0.588. The third-order valence-electron chi connectivity index (χ3n) is 4.86. The minimum Gasteiger partial charge on any atom is -0.371 e. The van der Waals surface area contributed by atoms with Crippen LogP contribution in [0.15, 0.2) is 18.2 Å². The van der Waals surface area contributed by atoms with Gasteiger partial charge in [0.05, 0.1) is 11.3 Å². The van der Waals surface area contributed by atoms with Gasteiger partial charge in [0.2, 0.25) is 0 Å². The van der Waals surface area contributed by atoms with Crippen molar-refractivity contribution in [2.75, 3.05) is 31.1 Å². The lowest BCUT2D eigenvalue weighted by atomic mass is 9.99. The van der Waals surface area contributed by atoms with Crippen LogP contribution in [0.5, 0.6) is 0 Å². The Morgan fingerprint density at radius 2 is 1.76 bits per heavy atom. The third kappa shape index (κ3) is 3.10. The summed E-state index contributed by atoms with van der Waals surface area (Å²) in [5.74, 6) is -0.416. The smallest absolute Gasteiger partial charge is 0.155 e. The van der Waals surface area contributed by atoms with Gasteiger partial charge in [-0.3, -0.25) is 4.79 Å². The first-order valence-corrected chi connectivity index (χ1v) is 8.02. The number of hydrogen-bond acceptors (Lipinski definition) is 3. The van der Waals surface area contributed by atoms with Gasteiger partial charge in [-0.15, -0.1) is 0 Å². The van der Waals surface area contributed by atoms with Crippen molar-refractivity contribution in [2.45, 2.75) is 38.1 Å². The summed E-state index contributed by atoms with van der Waals surface area (Å²) in [5, 5.41) is 0. The molecule has 0 unspecified atom stereocenters. The average Bonchev–Trinajstić information content (AvgIpc) is 2.55. The molecule has 4 heteroatoms. The highest BCUT2D eigenvalue weighted by Crippen LogP contribution is 2.27. The van der Waals surface area contributed by atoms with Gasteiger partial charge in [-0.05, 0) is 50.9 Å². The predicted octanol–water partition coefficient (Wildman–Crippen LogP) is 3.09. The molecule has 2 saturated heterocycles. The number of likely N-dealkylation sites (tertiary alicyclic amines) is 1. The Hall–Kier alpha value is -1.42. The molecule has 0 aromatic heterocycles. The molecule has 0 amide bonds. The molecule has 0 bridgehead atoms. The Morgan fingerprint density at radius 3 is 2.43 bits per heavy atom. The Morgan fingerprint density at radius 1 is 1.05 bits per heavy atom. The van der Waals surface area contributed by atoms with Crippen LogP contribution in [0, 0.1) is 5.82 Å². The summed E-state index contributed by atoms with van der Waals surface area (Å²) < 4.78 is 13.7. The van der Waals surface area contributed by atoms with Gasteiger partial charge in [0.25, 0.3) is 0 Å². The summed E-state index contributed by atoms with van der Waals surface area (Å²) >= 11 is 0. The van der Waals surface area contributed by atoms with E-state index in [9.17, 15) is 9.18 Å². The Bertz CT molecular complexity index is 492. The number of rotatable bonds is 3. The van der Waals surface area contributed by atoms with E-state index in [1.54, 1.807) is 6.07 Å². The van der Waals surface area contributed by atoms with Crippen LogP contribution >= 0.6 is 0 Å². The molecule has 1 aromatic rings. The van der Waals surface area contributed by atoms with Gasteiger partial charge >= 0.3 is 0 Å². The molecule has 114 valence electrons. The van der Waals surface area contributed by atoms with Crippen molar-refractivity contribution in [1.82, 2.24) is 4.90 Å². The van der Waals surface area contributed by atoms with Crippen LogP contribution in [0.1, 0.15) is 42.5 Å². The Kier molecular flexibility index (Phi) is 4.54. The maximum Gasteiger partial charge on any atom is 0.155 e. The van der Waals surface area contributed by atoms with E-state index < -0.39 is 5.82 Å². The second kappa shape index (κ2) is 6.56. The van der Waals surface area contributed by atoms with E-state index in [1.807, 2.05) is 6.07 Å². The van der Waals surface area contributed by atoms with Crippen LogP contribution < -0.4 is 4.90 Å². The minimum atomic E-state index is -0.416. The first-order chi connectivity index (χ1) is 10.3. The molecule has 0 aliphatic carbocycles. The van der Waals surface area contributed by atoms with Crippen LogP contribution in [0.2, 0.25) is 0 Å². The number of halogens is 1. The normalized spacial score (nSPS) is 21.5. The number of piperidine rings is 2. The minimum absolute atomic E-state index is 0.203. The second-order valence-corrected chi connectivity index (χ2v) is 6.11. The zero-order chi connectivity index (χ0) is 14.7. The fourth-order valence-electron chi connectivity index (χ4n) is 3.67. The Balaban J connectivity index is 1.65. The molecule has 2 heterocycles. The zero-order valence-corrected chi connectivity index (χ0v) is 12.4. The van der Waals surface area contributed by atoms with Crippen molar-refractivity contribution in [3.05, 3.63) is 29.6 Å². The molecule has 0 saturated carbocycles. The molecule has 2 aliphatic rings. The highest BCUT2D eigenvalue weighted by atomic mass is 19.1. The highest BCUT2D eigenvalue weighted by molar-refractivity contribution is 5.85. The molecular weight excluding hydrogens is 267 g/mol. The molecule has 3 rings (SSSR count). The molecule has 2 aliphatic heterocycles. The van der Waals surface area contributed by atoms with Crippen LogP contribution in [0.3, 0.4) is 0 Å². The number of carbonyl (C=O) groups excluding carboxylic acids is 1. The van der Waals surface area contributed by atoms with Gasteiger partial charge in [-0.1, -0.05) is 12.5 Å². The van der Waals surface area contributed by atoms with E-state index in [0.29, 0.717) is 12.3 Å². The standard InChI is InChI=1S/C17H23FN2O/c18-16-5-4-6-17(15(16)13-21)20-11-7-14(8-12-20)19-9-2-1-3-10-19/h4-6,13-14H,1-3,7-12H2. The average molecular weight is 290 g/mol. The number of carbonyl (C=O) groups is 1. The van der Waals surface area contributed by atoms with Gasteiger partial charge in [-0.25, -0.2) is 4.39 Å². The van der Waals surface area contributed by atoms with Crippen LogP contribution in [-0.2, 0) is 0 Å². The number of hydrogen-bond donors (Lipinski definition) is 0. The summed E-state index contributed by atoms with van der Waals surface area (Å²) in [6.45, 7) is 4.27. The van der Waals surface area contributed by atoms with Crippen molar-refractivity contribution in [3.63, 3.8) is 0 Å². The maximum atomic E-state index is 13.7. The summed E-state index contributed by atoms with van der Waals surface area (Å²) in [6, 6.07) is 5.56. The second-order valence-electron chi connectivity index (χ2n) is 6.11. The van der Waals surface area contributed by atoms with E-state index in [1.165, 1.54) is 38.4 Å². The topological polar surface area (TPSA) is 23.6 Å². The van der Waals surface area contributed by atoms with Gasteiger partial charge < -0.3 is 9.80 Å².